The van der Waals surface area contributed by atoms with Gasteiger partial charge in [-0.1, -0.05) is 0 Å². The van der Waals surface area contributed by atoms with Crippen molar-refractivity contribution < 1.29 is 4.79 Å². The van der Waals surface area contributed by atoms with Gasteiger partial charge in [-0.25, -0.2) is 4.98 Å². The van der Waals surface area contributed by atoms with Gasteiger partial charge in [0, 0.05) is 13.2 Å². The van der Waals surface area contributed by atoms with E-state index >= 15 is 0 Å². The fourth-order valence-corrected chi connectivity index (χ4v) is 1.70. The van der Waals surface area contributed by atoms with Crippen LogP contribution >= 0.6 is 0 Å². The molecule has 1 aliphatic rings. The van der Waals surface area contributed by atoms with Crippen LogP contribution in [0.2, 0.25) is 0 Å². The van der Waals surface area contributed by atoms with Gasteiger partial charge in [-0.3, -0.25) is 15.2 Å². The molecule has 2 rings (SSSR count). The standard InChI is InChI=1S/C10H14N4O/c1-7-6-9(15)13-14(7)10-8(11-2)4-3-5-12-10/h3-5,7,11H,6H2,1-2H3,(H,13,15). The number of anilines is 2. The molecule has 1 aromatic rings. The maximum absolute atomic E-state index is 11.2. The maximum atomic E-state index is 11.2. The number of pyridine rings is 1. The van der Waals surface area contributed by atoms with E-state index in [4.69, 9.17) is 0 Å². The van der Waals surface area contributed by atoms with Gasteiger partial charge in [-0.05, 0) is 19.1 Å². The van der Waals surface area contributed by atoms with E-state index in [0.29, 0.717) is 6.42 Å². The van der Waals surface area contributed by atoms with Gasteiger partial charge in [0.15, 0.2) is 5.82 Å². The van der Waals surface area contributed by atoms with Gasteiger partial charge in [0.05, 0.1) is 18.2 Å². The molecular weight excluding hydrogens is 192 g/mol. The van der Waals surface area contributed by atoms with Gasteiger partial charge in [0.25, 0.3) is 0 Å². The van der Waals surface area contributed by atoms with Crippen molar-refractivity contribution in [2.45, 2.75) is 19.4 Å². The molecule has 0 spiro atoms. The van der Waals surface area contributed by atoms with Gasteiger partial charge in [0.2, 0.25) is 5.91 Å². The Morgan fingerprint density at radius 3 is 3.07 bits per heavy atom. The number of rotatable bonds is 2. The van der Waals surface area contributed by atoms with Crippen molar-refractivity contribution in [3.63, 3.8) is 0 Å². The third-order valence-corrected chi connectivity index (χ3v) is 2.45. The molecule has 1 aromatic heterocycles. The summed E-state index contributed by atoms with van der Waals surface area (Å²) in [5.41, 5.74) is 3.70. The van der Waals surface area contributed by atoms with E-state index in [-0.39, 0.29) is 11.9 Å². The zero-order valence-electron chi connectivity index (χ0n) is 8.82. The number of carbonyl (C=O) groups excluding carboxylic acids is 1. The number of carbonyl (C=O) groups is 1. The molecule has 0 bridgehead atoms. The average molecular weight is 206 g/mol. The Bertz CT molecular complexity index is 379. The lowest BCUT2D eigenvalue weighted by atomic mass is 10.2. The predicted octanol–water partition coefficient (Wildman–Crippen LogP) is 0.753. The van der Waals surface area contributed by atoms with Crippen LogP contribution in [0.3, 0.4) is 0 Å². The zero-order chi connectivity index (χ0) is 10.8. The van der Waals surface area contributed by atoms with Crippen molar-refractivity contribution in [1.29, 1.82) is 0 Å². The molecule has 5 heteroatoms. The molecule has 1 aliphatic heterocycles. The Morgan fingerprint density at radius 2 is 2.47 bits per heavy atom. The molecule has 0 aliphatic carbocycles. The quantitative estimate of drug-likeness (QED) is 0.749. The van der Waals surface area contributed by atoms with E-state index in [1.54, 1.807) is 11.2 Å². The molecule has 1 amide bonds. The molecule has 15 heavy (non-hydrogen) atoms. The van der Waals surface area contributed by atoms with Crippen molar-refractivity contribution in [3.05, 3.63) is 18.3 Å². The summed E-state index contributed by atoms with van der Waals surface area (Å²) in [4.78, 5) is 15.5. The molecular formula is C10H14N4O. The Morgan fingerprint density at radius 1 is 1.67 bits per heavy atom. The number of nitrogens with zero attached hydrogens (tertiary/aromatic N) is 2. The second kappa shape index (κ2) is 3.76. The van der Waals surface area contributed by atoms with Crippen LogP contribution in [0.1, 0.15) is 13.3 Å². The van der Waals surface area contributed by atoms with Crippen LogP contribution in [-0.4, -0.2) is 24.0 Å². The molecule has 1 saturated heterocycles. The number of hydrazine groups is 1. The highest BCUT2D eigenvalue weighted by Crippen LogP contribution is 2.25. The van der Waals surface area contributed by atoms with Crippen LogP contribution in [0.25, 0.3) is 0 Å². The summed E-state index contributed by atoms with van der Waals surface area (Å²) in [7, 11) is 1.84. The van der Waals surface area contributed by atoms with Crippen LogP contribution in [0.4, 0.5) is 11.5 Å². The number of hydrogen-bond donors (Lipinski definition) is 2. The van der Waals surface area contributed by atoms with E-state index in [1.165, 1.54) is 0 Å². The fourth-order valence-electron chi connectivity index (χ4n) is 1.70. The molecule has 5 nitrogen and oxygen atoms in total. The number of nitrogens with one attached hydrogen (secondary N) is 2. The van der Waals surface area contributed by atoms with Crippen molar-refractivity contribution in [2.75, 3.05) is 17.4 Å². The van der Waals surface area contributed by atoms with Crippen molar-refractivity contribution in [1.82, 2.24) is 10.4 Å². The second-order valence-corrected chi connectivity index (χ2v) is 3.58. The summed E-state index contributed by atoms with van der Waals surface area (Å²) in [5.74, 6) is 0.800. The van der Waals surface area contributed by atoms with Crippen LogP contribution in [0, 0.1) is 0 Å². The average Bonchev–Trinajstić information content (AvgIpc) is 2.57. The second-order valence-electron chi connectivity index (χ2n) is 3.58. The first kappa shape index (κ1) is 9.76. The first-order chi connectivity index (χ1) is 7.22. The Balaban J connectivity index is 2.32. The molecule has 0 aromatic carbocycles. The van der Waals surface area contributed by atoms with E-state index in [9.17, 15) is 4.79 Å². The topological polar surface area (TPSA) is 57.3 Å². The molecule has 0 saturated carbocycles. The summed E-state index contributed by atoms with van der Waals surface area (Å²) in [6.07, 6.45) is 2.23. The monoisotopic (exact) mass is 206 g/mol. The minimum absolute atomic E-state index is 0.0372. The van der Waals surface area contributed by atoms with Crippen molar-refractivity contribution >= 4 is 17.4 Å². The van der Waals surface area contributed by atoms with Crippen LogP contribution < -0.4 is 15.8 Å². The highest BCUT2D eigenvalue weighted by molar-refractivity contribution is 5.83. The highest BCUT2D eigenvalue weighted by Gasteiger charge is 2.28. The van der Waals surface area contributed by atoms with Crippen molar-refractivity contribution in [3.8, 4) is 0 Å². The molecule has 2 heterocycles. The summed E-state index contributed by atoms with van der Waals surface area (Å²) >= 11 is 0. The van der Waals surface area contributed by atoms with Gasteiger partial charge in [0.1, 0.15) is 0 Å². The van der Waals surface area contributed by atoms with Gasteiger partial charge < -0.3 is 5.32 Å². The molecule has 2 N–H and O–H groups in total. The van der Waals surface area contributed by atoms with E-state index < -0.39 is 0 Å². The molecule has 1 atom stereocenters. The lowest BCUT2D eigenvalue weighted by Gasteiger charge is -2.23. The summed E-state index contributed by atoms with van der Waals surface area (Å²) < 4.78 is 0. The minimum Gasteiger partial charge on any atom is -0.385 e. The Hall–Kier alpha value is -1.78. The van der Waals surface area contributed by atoms with Crippen LogP contribution in [-0.2, 0) is 4.79 Å². The third-order valence-electron chi connectivity index (χ3n) is 2.45. The normalized spacial score (nSPS) is 20.3. The van der Waals surface area contributed by atoms with Gasteiger partial charge >= 0.3 is 0 Å². The summed E-state index contributed by atoms with van der Waals surface area (Å²) in [5, 5.41) is 4.85. The molecule has 80 valence electrons. The predicted molar refractivity (Wildman–Crippen MR) is 58.5 cm³/mol. The first-order valence-corrected chi connectivity index (χ1v) is 4.94. The summed E-state index contributed by atoms with van der Waals surface area (Å²) in [6, 6.07) is 3.93. The number of hydrogen-bond acceptors (Lipinski definition) is 4. The van der Waals surface area contributed by atoms with Crippen LogP contribution in [0.15, 0.2) is 18.3 Å². The first-order valence-electron chi connectivity index (χ1n) is 4.94. The van der Waals surface area contributed by atoms with E-state index in [1.807, 2.05) is 26.1 Å². The van der Waals surface area contributed by atoms with E-state index in [0.717, 1.165) is 11.5 Å². The Labute approximate surface area is 88.5 Å². The number of aromatic nitrogens is 1. The third kappa shape index (κ3) is 1.72. The summed E-state index contributed by atoms with van der Waals surface area (Å²) in [6.45, 7) is 1.99. The minimum atomic E-state index is 0.0372. The molecule has 1 fully saturated rings. The van der Waals surface area contributed by atoms with Gasteiger partial charge in [-0.2, -0.15) is 0 Å². The lowest BCUT2D eigenvalue weighted by Crippen LogP contribution is -2.38. The van der Waals surface area contributed by atoms with Crippen molar-refractivity contribution in [2.24, 2.45) is 0 Å². The Kier molecular flexibility index (Phi) is 2.45. The largest absolute Gasteiger partial charge is 0.385 e. The molecule has 0 radical (unpaired) electrons. The van der Waals surface area contributed by atoms with Crippen LogP contribution in [0.5, 0.6) is 0 Å². The van der Waals surface area contributed by atoms with E-state index in [2.05, 4.69) is 15.7 Å². The highest BCUT2D eigenvalue weighted by atomic mass is 16.2. The lowest BCUT2D eigenvalue weighted by molar-refractivity contribution is -0.119. The van der Waals surface area contributed by atoms with Gasteiger partial charge in [-0.15, -0.1) is 0 Å². The zero-order valence-corrected chi connectivity index (χ0v) is 8.82. The fraction of sp³-hybridized carbons (Fsp3) is 0.400. The number of amides is 1. The molecule has 1 unspecified atom stereocenters. The maximum Gasteiger partial charge on any atom is 0.240 e. The smallest absolute Gasteiger partial charge is 0.240 e. The SMILES string of the molecule is CNc1cccnc1N1NC(=O)CC1C.